The van der Waals surface area contributed by atoms with E-state index < -0.39 is 0 Å². The highest BCUT2D eigenvalue weighted by atomic mass is 16.5. The highest BCUT2D eigenvalue weighted by Crippen LogP contribution is 2.30. The van der Waals surface area contributed by atoms with Crippen molar-refractivity contribution in [2.75, 3.05) is 13.7 Å². The van der Waals surface area contributed by atoms with Gasteiger partial charge in [-0.05, 0) is 31.0 Å². The molecule has 90 valence electrons. The molecule has 0 aliphatic carbocycles. The number of hydrogen-bond acceptors (Lipinski definition) is 2. The number of rotatable bonds is 4. The van der Waals surface area contributed by atoms with Crippen LogP contribution in [-0.4, -0.2) is 19.7 Å². The third-order valence-corrected chi connectivity index (χ3v) is 2.68. The van der Waals surface area contributed by atoms with Gasteiger partial charge in [0.15, 0.2) is 0 Å². The van der Waals surface area contributed by atoms with E-state index in [1.807, 2.05) is 19.2 Å². The summed E-state index contributed by atoms with van der Waals surface area (Å²) >= 11 is 0. The lowest BCUT2D eigenvalue weighted by molar-refractivity contribution is 0.273. The first-order chi connectivity index (χ1) is 7.45. The lowest BCUT2D eigenvalue weighted by atomic mass is 9.86. The van der Waals surface area contributed by atoms with E-state index in [-0.39, 0.29) is 5.41 Å². The van der Waals surface area contributed by atoms with Crippen molar-refractivity contribution >= 4 is 0 Å². The minimum atomic E-state index is 0.124. The van der Waals surface area contributed by atoms with E-state index >= 15 is 0 Å². The van der Waals surface area contributed by atoms with Gasteiger partial charge in [0.2, 0.25) is 0 Å². The Morgan fingerprint density at radius 2 is 1.88 bits per heavy atom. The van der Waals surface area contributed by atoms with Gasteiger partial charge >= 0.3 is 0 Å². The summed E-state index contributed by atoms with van der Waals surface area (Å²) in [4.78, 5) is 0. The Bertz CT molecular complexity index is 328. The van der Waals surface area contributed by atoms with Gasteiger partial charge in [-0.25, -0.2) is 0 Å². The maximum absolute atomic E-state index is 5.85. The lowest BCUT2D eigenvalue weighted by Crippen LogP contribution is -2.28. The molecule has 1 N–H and O–H groups in total. The maximum atomic E-state index is 5.85. The Morgan fingerprint density at radius 1 is 1.25 bits per heavy atom. The van der Waals surface area contributed by atoms with E-state index in [0.29, 0.717) is 12.6 Å². The van der Waals surface area contributed by atoms with Gasteiger partial charge in [0.1, 0.15) is 12.4 Å². The second-order valence-corrected chi connectivity index (χ2v) is 5.25. The molecule has 16 heavy (non-hydrogen) atoms. The second-order valence-electron chi connectivity index (χ2n) is 5.25. The minimum absolute atomic E-state index is 0.124. The molecule has 0 aromatic heterocycles. The Hall–Kier alpha value is -1.02. The van der Waals surface area contributed by atoms with Crippen molar-refractivity contribution < 1.29 is 4.74 Å². The highest BCUT2D eigenvalue weighted by Gasteiger charge is 2.18. The number of para-hydroxylation sites is 1. The molecule has 0 heterocycles. The van der Waals surface area contributed by atoms with Gasteiger partial charge in [-0.1, -0.05) is 39.0 Å². The Balaban J connectivity index is 2.80. The van der Waals surface area contributed by atoms with E-state index in [2.05, 4.69) is 45.1 Å². The van der Waals surface area contributed by atoms with Crippen LogP contribution in [0.2, 0.25) is 0 Å². The van der Waals surface area contributed by atoms with Crippen LogP contribution >= 0.6 is 0 Å². The standard InChI is InChI=1S/C14H23NO/c1-11(15-5)10-16-13-9-7-6-8-12(13)14(2,3)4/h6-9,11,15H,10H2,1-5H3. The summed E-state index contributed by atoms with van der Waals surface area (Å²) in [6.07, 6.45) is 0. The molecule has 2 nitrogen and oxygen atoms in total. The number of likely N-dealkylation sites (N-methyl/N-ethyl adjacent to an activating group) is 1. The molecule has 0 amide bonds. The number of ether oxygens (including phenoxy) is 1. The van der Waals surface area contributed by atoms with Crippen LogP contribution < -0.4 is 10.1 Å². The molecule has 1 aromatic carbocycles. The zero-order valence-corrected chi connectivity index (χ0v) is 11.0. The first-order valence-electron chi connectivity index (χ1n) is 5.84. The summed E-state index contributed by atoms with van der Waals surface area (Å²) in [7, 11) is 1.95. The van der Waals surface area contributed by atoms with Crippen molar-refractivity contribution in [2.24, 2.45) is 0 Å². The normalized spacial score (nSPS) is 13.6. The average molecular weight is 221 g/mol. The van der Waals surface area contributed by atoms with E-state index in [1.165, 1.54) is 5.56 Å². The number of hydrogen-bond donors (Lipinski definition) is 1. The van der Waals surface area contributed by atoms with Gasteiger partial charge in [0.25, 0.3) is 0 Å². The van der Waals surface area contributed by atoms with Gasteiger partial charge in [-0.2, -0.15) is 0 Å². The van der Waals surface area contributed by atoms with Gasteiger partial charge in [-0.3, -0.25) is 0 Å². The lowest BCUT2D eigenvalue weighted by Gasteiger charge is -2.23. The Kier molecular flexibility index (Phi) is 4.36. The van der Waals surface area contributed by atoms with Crippen molar-refractivity contribution in [1.29, 1.82) is 0 Å². The summed E-state index contributed by atoms with van der Waals surface area (Å²) in [5.74, 6) is 0.997. The molecule has 0 bridgehead atoms. The zero-order chi connectivity index (χ0) is 12.2. The monoisotopic (exact) mass is 221 g/mol. The summed E-state index contributed by atoms with van der Waals surface area (Å²) < 4.78 is 5.85. The van der Waals surface area contributed by atoms with E-state index in [1.54, 1.807) is 0 Å². The summed E-state index contributed by atoms with van der Waals surface area (Å²) in [6, 6.07) is 8.64. The molecule has 0 spiro atoms. The Labute approximate surface area is 99.0 Å². The van der Waals surface area contributed by atoms with Crippen molar-refractivity contribution in [3.63, 3.8) is 0 Å². The van der Waals surface area contributed by atoms with Crippen LogP contribution in [0.3, 0.4) is 0 Å². The number of nitrogens with one attached hydrogen (secondary N) is 1. The fourth-order valence-electron chi connectivity index (χ4n) is 1.51. The fourth-order valence-corrected chi connectivity index (χ4v) is 1.51. The molecule has 0 aliphatic rings. The molecule has 1 aromatic rings. The van der Waals surface area contributed by atoms with Crippen molar-refractivity contribution in [3.8, 4) is 5.75 Å². The highest BCUT2D eigenvalue weighted by molar-refractivity contribution is 5.38. The molecule has 1 unspecified atom stereocenters. The van der Waals surface area contributed by atoms with Crippen molar-refractivity contribution in [2.45, 2.75) is 39.2 Å². The number of benzene rings is 1. The molecule has 1 rings (SSSR count). The van der Waals surface area contributed by atoms with Crippen molar-refractivity contribution in [1.82, 2.24) is 5.32 Å². The maximum Gasteiger partial charge on any atom is 0.123 e. The van der Waals surface area contributed by atoms with Crippen LogP contribution in [-0.2, 0) is 5.41 Å². The molecular weight excluding hydrogens is 198 g/mol. The largest absolute Gasteiger partial charge is 0.492 e. The van der Waals surface area contributed by atoms with Crippen LogP contribution in [0.4, 0.5) is 0 Å². The Morgan fingerprint density at radius 3 is 2.44 bits per heavy atom. The van der Waals surface area contributed by atoms with Crippen molar-refractivity contribution in [3.05, 3.63) is 29.8 Å². The third kappa shape index (κ3) is 3.53. The quantitative estimate of drug-likeness (QED) is 0.844. The molecule has 1 atom stereocenters. The van der Waals surface area contributed by atoms with Crippen LogP contribution in [0.1, 0.15) is 33.3 Å². The summed E-state index contributed by atoms with van der Waals surface area (Å²) in [6.45, 7) is 9.42. The molecule has 0 radical (unpaired) electrons. The van der Waals surface area contributed by atoms with Crippen LogP contribution in [0, 0.1) is 0 Å². The first-order valence-corrected chi connectivity index (χ1v) is 5.84. The first kappa shape index (κ1) is 13.0. The molecule has 0 aliphatic heterocycles. The molecule has 0 saturated heterocycles. The van der Waals surface area contributed by atoms with Gasteiger partial charge in [-0.15, -0.1) is 0 Å². The zero-order valence-electron chi connectivity index (χ0n) is 11.0. The molecule has 2 heteroatoms. The van der Waals surface area contributed by atoms with Gasteiger partial charge in [0.05, 0.1) is 0 Å². The molecular formula is C14H23NO. The van der Waals surface area contributed by atoms with Crippen LogP contribution in [0.15, 0.2) is 24.3 Å². The van der Waals surface area contributed by atoms with Crippen LogP contribution in [0.25, 0.3) is 0 Å². The topological polar surface area (TPSA) is 21.3 Å². The fraction of sp³-hybridized carbons (Fsp3) is 0.571. The summed E-state index contributed by atoms with van der Waals surface area (Å²) in [5.41, 5.74) is 1.39. The molecule has 0 fully saturated rings. The molecule has 0 saturated carbocycles. The van der Waals surface area contributed by atoms with E-state index in [0.717, 1.165) is 5.75 Å². The predicted molar refractivity (Wildman–Crippen MR) is 69.2 cm³/mol. The average Bonchev–Trinajstić information content (AvgIpc) is 2.25. The smallest absolute Gasteiger partial charge is 0.123 e. The minimum Gasteiger partial charge on any atom is -0.492 e. The third-order valence-electron chi connectivity index (χ3n) is 2.68. The van der Waals surface area contributed by atoms with E-state index in [9.17, 15) is 0 Å². The van der Waals surface area contributed by atoms with Gasteiger partial charge in [0, 0.05) is 6.04 Å². The van der Waals surface area contributed by atoms with Crippen LogP contribution in [0.5, 0.6) is 5.75 Å². The van der Waals surface area contributed by atoms with E-state index in [4.69, 9.17) is 4.74 Å². The predicted octanol–water partition coefficient (Wildman–Crippen LogP) is 2.97. The second kappa shape index (κ2) is 5.35. The SMILES string of the molecule is CNC(C)COc1ccccc1C(C)(C)C. The van der Waals surface area contributed by atoms with Gasteiger partial charge < -0.3 is 10.1 Å². The summed E-state index contributed by atoms with van der Waals surface area (Å²) in [5, 5.41) is 3.17.